The van der Waals surface area contributed by atoms with Crippen molar-refractivity contribution in [2.24, 2.45) is 0 Å². The lowest BCUT2D eigenvalue weighted by molar-refractivity contribution is -0.138. The van der Waals surface area contributed by atoms with E-state index in [4.69, 9.17) is 16.0 Å². The number of aryl methyl sites for hydroxylation is 1. The quantitative estimate of drug-likeness (QED) is 0.123. The number of hydrogen-bond acceptors (Lipinski definition) is 9. The number of carbonyl (C=O) groups is 2. The van der Waals surface area contributed by atoms with Crippen LogP contribution in [0.15, 0.2) is 64.5 Å². The van der Waals surface area contributed by atoms with Gasteiger partial charge in [-0.1, -0.05) is 23.7 Å². The fraction of sp³-hybridized carbons (Fsp3) is 0.333. The second-order valence-corrected chi connectivity index (χ2v) is 14.0. The van der Waals surface area contributed by atoms with E-state index in [9.17, 15) is 28.8 Å². The molecule has 3 atom stereocenters. The van der Waals surface area contributed by atoms with E-state index in [-0.39, 0.29) is 39.0 Å². The molecule has 4 aromatic rings. The minimum atomic E-state index is -1.59. The number of phenolic OH excluding ortho intramolecular Hbond substituents is 1. The predicted octanol–water partition coefficient (Wildman–Crippen LogP) is 6.59. The summed E-state index contributed by atoms with van der Waals surface area (Å²) >= 11 is 6.30. The first-order valence-corrected chi connectivity index (χ1v) is 17.6. The number of nitrogens with zero attached hydrogens (tertiary/aromatic N) is 3. The SMILES string of the molecule is C=CCS(=O)C[C@@H](C(=O)O)N(c1cccnc1-c1cc(Cl)c(O)c(C=O)c1)C(C)c1cc(C)cc2c(=O)c(C)c(N3CCCCC3)oc12. The summed E-state index contributed by atoms with van der Waals surface area (Å²) in [5.41, 5.74) is 2.93. The molecule has 0 aliphatic carbocycles. The number of phenols is 1. The molecule has 3 heterocycles. The average molecular weight is 692 g/mol. The maximum absolute atomic E-state index is 13.9. The molecule has 2 unspecified atom stereocenters. The number of aldehydes is 1. The van der Waals surface area contributed by atoms with Crippen LogP contribution in [0.25, 0.3) is 22.2 Å². The highest BCUT2D eigenvalue weighted by atomic mass is 35.5. The molecule has 1 saturated heterocycles. The van der Waals surface area contributed by atoms with Crippen LogP contribution in [-0.2, 0) is 15.6 Å². The molecule has 252 valence electrons. The smallest absolute Gasteiger partial charge is 0.327 e. The third-order valence-electron chi connectivity index (χ3n) is 8.70. The summed E-state index contributed by atoms with van der Waals surface area (Å²) in [6, 6.07) is 7.73. The molecule has 2 aromatic heterocycles. The molecule has 10 nitrogen and oxygen atoms in total. The van der Waals surface area contributed by atoms with Crippen molar-refractivity contribution in [3.8, 4) is 17.0 Å². The maximum atomic E-state index is 13.9. The third kappa shape index (κ3) is 6.88. The first-order valence-electron chi connectivity index (χ1n) is 15.7. The van der Waals surface area contributed by atoms with Crippen LogP contribution in [0, 0.1) is 13.8 Å². The summed E-state index contributed by atoms with van der Waals surface area (Å²) in [6.07, 6.45) is 6.52. The molecule has 2 aromatic carbocycles. The van der Waals surface area contributed by atoms with Crippen molar-refractivity contribution in [2.75, 3.05) is 34.4 Å². The fourth-order valence-corrected chi connectivity index (χ4v) is 7.66. The zero-order valence-corrected chi connectivity index (χ0v) is 28.6. The van der Waals surface area contributed by atoms with Gasteiger partial charge in [-0.05, 0) is 75.9 Å². The number of hydrogen-bond donors (Lipinski definition) is 2. The number of carboxylic acids is 1. The highest BCUT2D eigenvalue weighted by Crippen LogP contribution is 2.41. The zero-order valence-electron chi connectivity index (χ0n) is 27.1. The number of carbonyl (C=O) groups excluding carboxylic acids is 1. The molecular weight excluding hydrogens is 654 g/mol. The van der Waals surface area contributed by atoms with E-state index in [0.717, 1.165) is 37.9 Å². The van der Waals surface area contributed by atoms with Crippen LogP contribution in [0.2, 0.25) is 5.02 Å². The Morgan fingerprint density at radius 3 is 2.60 bits per heavy atom. The summed E-state index contributed by atoms with van der Waals surface area (Å²) in [6.45, 7) is 10.6. The second kappa shape index (κ2) is 14.7. The van der Waals surface area contributed by atoms with E-state index in [1.165, 1.54) is 24.4 Å². The van der Waals surface area contributed by atoms with Crippen molar-refractivity contribution in [3.63, 3.8) is 0 Å². The van der Waals surface area contributed by atoms with E-state index in [0.29, 0.717) is 45.5 Å². The number of aliphatic carboxylic acids is 1. The van der Waals surface area contributed by atoms with Crippen LogP contribution in [0.4, 0.5) is 11.6 Å². The van der Waals surface area contributed by atoms with Gasteiger partial charge in [0.1, 0.15) is 17.4 Å². The Hall–Kier alpha value is -4.48. The Balaban J connectivity index is 1.79. The van der Waals surface area contributed by atoms with E-state index in [2.05, 4.69) is 16.5 Å². The molecule has 0 amide bonds. The first-order chi connectivity index (χ1) is 23.0. The van der Waals surface area contributed by atoms with Crippen molar-refractivity contribution in [3.05, 3.63) is 92.7 Å². The van der Waals surface area contributed by atoms with Gasteiger partial charge in [0.15, 0.2) is 11.7 Å². The molecule has 0 saturated carbocycles. The summed E-state index contributed by atoms with van der Waals surface area (Å²) in [5.74, 6) is -1.28. The van der Waals surface area contributed by atoms with Crippen LogP contribution < -0.4 is 15.2 Å². The molecule has 12 heteroatoms. The Labute approximate surface area is 286 Å². The molecule has 5 rings (SSSR count). The van der Waals surface area contributed by atoms with Crippen LogP contribution in [-0.4, -0.2) is 62.3 Å². The molecule has 0 radical (unpaired) electrons. The number of aromatic nitrogens is 1. The summed E-state index contributed by atoms with van der Waals surface area (Å²) in [4.78, 5) is 47.0. The first kappa shape index (κ1) is 34.8. The van der Waals surface area contributed by atoms with Crippen LogP contribution >= 0.6 is 11.6 Å². The topological polar surface area (TPSA) is 141 Å². The largest absolute Gasteiger partial charge is 0.506 e. The number of piperidine rings is 1. The monoisotopic (exact) mass is 691 g/mol. The lowest BCUT2D eigenvalue weighted by Gasteiger charge is -2.37. The number of carboxylic acid groups (broad SMARTS) is 1. The van der Waals surface area contributed by atoms with Crippen molar-refractivity contribution in [1.29, 1.82) is 0 Å². The standard InChI is InChI=1S/C36H38ClN3O7S/c1-5-14-48(46)20-30(36(44)45)40(29-10-9-11-38-31(29)24-17-25(19-41)33(43)28(37)18-24)23(4)26-15-21(2)16-27-32(42)22(3)35(47-34(26)27)39-12-7-6-8-13-39/h5,9-11,15-19,23,30,43H,1,6-8,12-14,20H2,2-4H3,(H,44,45)/t23?,30-,48?/m0/s1. The Bertz CT molecular complexity index is 1970. The molecular formula is C36H38ClN3O7S. The number of aromatic hydroxyl groups is 1. The van der Waals surface area contributed by atoms with E-state index in [1.54, 1.807) is 36.9 Å². The lowest BCUT2D eigenvalue weighted by atomic mass is 9.96. The highest BCUT2D eigenvalue weighted by molar-refractivity contribution is 7.85. The number of pyridine rings is 1. The summed E-state index contributed by atoms with van der Waals surface area (Å²) in [7, 11) is -1.59. The molecule has 1 aliphatic rings. The van der Waals surface area contributed by atoms with Crippen molar-refractivity contribution >= 4 is 57.2 Å². The van der Waals surface area contributed by atoms with Gasteiger partial charge in [-0.2, -0.15) is 0 Å². The molecule has 0 spiro atoms. The number of benzene rings is 2. The lowest BCUT2D eigenvalue weighted by Crippen LogP contribution is -2.47. The molecule has 2 N–H and O–H groups in total. The number of anilines is 2. The fourth-order valence-electron chi connectivity index (χ4n) is 6.38. The highest BCUT2D eigenvalue weighted by Gasteiger charge is 2.35. The maximum Gasteiger partial charge on any atom is 0.327 e. The number of halogens is 1. The van der Waals surface area contributed by atoms with Gasteiger partial charge in [-0.25, -0.2) is 4.79 Å². The number of rotatable bonds is 12. The molecule has 1 aliphatic heterocycles. The average Bonchev–Trinajstić information content (AvgIpc) is 3.07. The Morgan fingerprint density at radius 1 is 1.21 bits per heavy atom. The Kier molecular flexibility index (Phi) is 10.7. The normalized spacial score (nSPS) is 15.1. The van der Waals surface area contributed by atoms with Crippen molar-refractivity contribution < 1.29 is 28.4 Å². The van der Waals surface area contributed by atoms with E-state index in [1.807, 2.05) is 13.0 Å². The third-order valence-corrected chi connectivity index (χ3v) is 10.3. The van der Waals surface area contributed by atoms with Gasteiger partial charge in [-0.3, -0.25) is 18.8 Å². The predicted molar refractivity (Wildman–Crippen MR) is 190 cm³/mol. The van der Waals surface area contributed by atoms with Crippen molar-refractivity contribution in [1.82, 2.24) is 4.98 Å². The minimum Gasteiger partial charge on any atom is -0.506 e. The van der Waals surface area contributed by atoms with Crippen LogP contribution in [0.3, 0.4) is 0 Å². The van der Waals surface area contributed by atoms with Gasteiger partial charge in [0, 0.05) is 47.0 Å². The zero-order chi connectivity index (χ0) is 34.7. The van der Waals surface area contributed by atoms with Gasteiger partial charge in [-0.15, -0.1) is 6.58 Å². The number of fused-ring (bicyclic) bond motifs is 1. The van der Waals surface area contributed by atoms with Gasteiger partial charge in [0.2, 0.25) is 5.88 Å². The van der Waals surface area contributed by atoms with Gasteiger partial charge in [0.05, 0.1) is 44.7 Å². The van der Waals surface area contributed by atoms with Gasteiger partial charge in [0.25, 0.3) is 0 Å². The second-order valence-electron chi connectivity index (χ2n) is 12.0. The van der Waals surface area contributed by atoms with Gasteiger partial charge >= 0.3 is 5.97 Å². The molecule has 48 heavy (non-hydrogen) atoms. The summed E-state index contributed by atoms with van der Waals surface area (Å²) < 4.78 is 19.7. The molecule has 0 bridgehead atoms. The van der Waals surface area contributed by atoms with E-state index >= 15 is 0 Å². The Morgan fingerprint density at radius 2 is 1.94 bits per heavy atom. The minimum absolute atomic E-state index is 0.0670. The van der Waals surface area contributed by atoms with Crippen LogP contribution in [0.5, 0.6) is 5.75 Å². The van der Waals surface area contributed by atoms with Crippen LogP contribution in [0.1, 0.15) is 59.3 Å². The summed E-state index contributed by atoms with van der Waals surface area (Å²) in [5, 5.41) is 21.3. The molecule has 1 fully saturated rings. The van der Waals surface area contributed by atoms with Gasteiger partial charge < -0.3 is 24.4 Å². The van der Waals surface area contributed by atoms with Crippen molar-refractivity contribution in [2.45, 2.75) is 52.1 Å². The van der Waals surface area contributed by atoms with E-state index < -0.39 is 28.9 Å².